The van der Waals surface area contributed by atoms with Gasteiger partial charge in [-0.15, -0.1) is 13.2 Å². The summed E-state index contributed by atoms with van der Waals surface area (Å²) in [6.45, 7) is 0. The number of rotatable bonds is 2. The van der Waals surface area contributed by atoms with Crippen LogP contribution in [0.2, 0.25) is 10.2 Å². The topological polar surface area (TPSA) is 22.1 Å². The number of hydrogen-bond acceptors (Lipinski definition) is 2. The molecule has 0 saturated heterocycles. The third-order valence-corrected chi connectivity index (χ3v) is 3.17. The van der Waals surface area contributed by atoms with Crippen LogP contribution in [0.5, 0.6) is 5.75 Å². The van der Waals surface area contributed by atoms with Crippen molar-refractivity contribution < 1.29 is 31.1 Å². The first-order valence-corrected chi connectivity index (χ1v) is 6.53. The number of alkyl halides is 6. The molecule has 2 rings (SSSR count). The third kappa shape index (κ3) is 4.20. The van der Waals surface area contributed by atoms with Crippen molar-refractivity contribution in [3.63, 3.8) is 0 Å². The summed E-state index contributed by atoms with van der Waals surface area (Å²) in [4.78, 5) is 3.14. The second-order valence-corrected chi connectivity index (χ2v) is 4.96. The van der Waals surface area contributed by atoms with Gasteiger partial charge in [0.2, 0.25) is 0 Å². The SMILES string of the molecule is FC(F)(F)Oc1ccccc1-c1c(Cl)cc(C(F)(F)F)nc1Cl. The highest BCUT2D eigenvalue weighted by Gasteiger charge is 2.35. The van der Waals surface area contributed by atoms with Gasteiger partial charge in [0.15, 0.2) is 0 Å². The van der Waals surface area contributed by atoms with Gasteiger partial charge in [-0.2, -0.15) is 13.2 Å². The lowest BCUT2D eigenvalue weighted by molar-refractivity contribution is -0.274. The zero-order valence-corrected chi connectivity index (χ0v) is 12.3. The minimum Gasteiger partial charge on any atom is -0.405 e. The molecule has 0 spiro atoms. The fourth-order valence-electron chi connectivity index (χ4n) is 1.76. The molecule has 0 radical (unpaired) electrons. The maximum atomic E-state index is 12.6. The molecule has 0 aliphatic carbocycles. The molecule has 0 N–H and O–H groups in total. The molecule has 1 aromatic heterocycles. The molecule has 124 valence electrons. The molecule has 0 amide bonds. The summed E-state index contributed by atoms with van der Waals surface area (Å²) in [7, 11) is 0. The normalized spacial score (nSPS) is 12.3. The number of para-hydroxylation sites is 1. The van der Waals surface area contributed by atoms with Crippen molar-refractivity contribution in [3.05, 3.63) is 46.2 Å². The van der Waals surface area contributed by atoms with E-state index in [1.54, 1.807) is 0 Å². The number of nitrogens with zero attached hydrogens (tertiary/aromatic N) is 1. The van der Waals surface area contributed by atoms with Crippen molar-refractivity contribution in [2.24, 2.45) is 0 Å². The van der Waals surface area contributed by atoms with Crippen LogP contribution >= 0.6 is 23.2 Å². The van der Waals surface area contributed by atoms with Gasteiger partial charge in [-0.05, 0) is 12.1 Å². The van der Waals surface area contributed by atoms with Gasteiger partial charge in [-0.3, -0.25) is 0 Å². The largest absolute Gasteiger partial charge is 0.573 e. The molecule has 0 atom stereocenters. The van der Waals surface area contributed by atoms with Crippen molar-refractivity contribution in [2.75, 3.05) is 0 Å². The highest BCUT2D eigenvalue weighted by atomic mass is 35.5. The van der Waals surface area contributed by atoms with Gasteiger partial charge >= 0.3 is 12.5 Å². The Morgan fingerprint density at radius 3 is 2.09 bits per heavy atom. The number of benzene rings is 1. The Morgan fingerprint density at radius 2 is 1.57 bits per heavy atom. The number of halogens is 8. The summed E-state index contributed by atoms with van der Waals surface area (Å²) in [5.41, 5.74) is -1.88. The van der Waals surface area contributed by atoms with Gasteiger partial charge in [0.1, 0.15) is 16.6 Å². The van der Waals surface area contributed by atoms with Crippen LogP contribution in [0.15, 0.2) is 30.3 Å². The van der Waals surface area contributed by atoms with E-state index in [4.69, 9.17) is 23.2 Å². The fraction of sp³-hybridized carbons (Fsp3) is 0.154. The molecule has 0 fully saturated rings. The van der Waals surface area contributed by atoms with E-state index in [0.29, 0.717) is 6.07 Å². The van der Waals surface area contributed by atoms with Crippen molar-refractivity contribution in [1.29, 1.82) is 0 Å². The van der Waals surface area contributed by atoms with Gasteiger partial charge in [0.25, 0.3) is 0 Å². The average Bonchev–Trinajstić information content (AvgIpc) is 2.37. The molecule has 23 heavy (non-hydrogen) atoms. The molecule has 0 aliphatic rings. The molecule has 0 bridgehead atoms. The van der Waals surface area contributed by atoms with Crippen LogP contribution in [-0.2, 0) is 6.18 Å². The Bertz CT molecular complexity index is 706. The number of pyridine rings is 1. The van der Waals surface area contributed by atoms with E-state index in [-0.39, 0.29) is 11.1 Å². The van der Waals surface area contributed by atoms with Crippen molar-refractivity contribution in [3.8, 4) is 16.9 Å². The first-order valence-electron chi connectivity index (χ1n) is 5.77. The molecule has 2 nitrogen and oxygen atoms in total. The van der Waals surface area contributed by atoms with Crippen LogP contribution in [0, 0.1) is 0 Å². The van der Waals surface area contributed by atoms with Crippen LogP contribution in [0.3, 0.4) is 0 Å². The first-order chi connectivity index (χ1) is 10.5. The number of aromatic nitrogens is 1. The standard InChI is InChI=1S/C13H5Cl2F6NO/c14-7-5-9(12(16,17)18)22-11(15)10(7)6-3-1-2-4-8(6)23-13(19,20)21/h1-5H. The van der Waals surface area contributed by atoms with Gasteiger partial charge in [-0.1, -0.05) is 41.4 Å². The van der Waals surface area contributed by atoms with Crippen molar-refractivity contribution in [2.45, 2.75) is 12.5 Å². The monoisotopic (exact) mass is 375 g/mol. The van der Waals surface area contributed by atoms with Gasteiger partial charge in [-0.25, -0.2) is 4.98 Å². The smallest absolute Gasteiger partial charge is 0.405 e. The zero-order valence-electron chi connectivity index (χ0n) is 10.8. The van der Waals surface area contributed by atoms with E-state index < -0.39 is 34.2 Å². The molecule has 0 unspecified atom stereocenters. The van der Waals surface area contributed by atoms with Crippen molar-refractivity contribution in [1.82, 2.24) is 4.98 Å². The zero-order chi connectivity index (χ0) is 17.4. The maximum absolute atomic E-state index is 12.6. The molecule has 2 aromatic rings. The lowest BCUT2D eigenvalue weighted by Crippen LogP contribution is -2.17. The molecular weight excluding hydrogens is 371 g/mol. The van der Waals surface area contributed by atoms with Gasteiger partial charge in [0.05, 0.1) is 5.02 Å². The molecule has 10 heteroatoms. The fourth-order valence-corrected chi connectivity index (χ4v) is 2.39. The average molecular weight is 376 g/mol. The Kier molecular flexibility index (Phi) is 4.68. The summed E-state index contributed by atoms with van der Waals surface area (Å²) >= 11 is 11.4. The lowest BCUT2D eigenvalue weighted by Gasteiger charge is -2.16. The molecule has 1 heterocycles. The molecule has 0 saturated carbocycles. The summed E-state index contributed by atoms with van der Waals surface area (Å²) in [6, 6.07) is 5.23. The quantitative estimate of drug-likeness (QED) is 0.476. The predicted molar refractivity (Wildman–Crippen MR) is 71.4 cm³/mol. The molecule has 1 aromatic carbocycles. The van der Waals surface area contributed by atoms with Gasteiger partial charge in [0, 0.05) is 11.1 Å². The Morgan fingerprint density at radius 1 is 0.957 bits per heavy atom. The number of ether oxygens (including phenoxy) is 1. The Labute approximate surface area is 135 Å². The van der Waals surface area contributed by atoms with Crippen LogP contribution in [0.4, 0.5) is 26.3 Å². The van der Waals surface area contributed by atoms with Crippen LogP contribution < -0.4 is 4.74 Å². The van der Waals surface area contributed by atoms with Gasteiger partial charge < -0.3 is 4.74 Å². The maximum Gasteiger partial charge on any atom is 0.573 e. The molecular formula is C13H5Cl2F6NO. The van der Waals surface area contributed by atoms with E-state index in [9.17, 15) is 26.3 Å². The van der Waals surface area contributed by atoms with Crippen molar-refractivity contribution >= 4 is 23.2 Å². The Hall–Kier alpha value is -1.67. The second-order valence-electron chi connectivity index (χ2n) is 4.20. The Balaban J connectivity index is 2.60. The van der Waals surface area contributed by atoms with E-state index in [0.717, 1.165) is 6.07 Å². The minimum absolute atomic E-state index is 0.235. The first kappa shape index (κ1) is 17.7. The summed E-state index contributed by atoms with van der Waals surface area (Å²) in [6.07, 6.45) is -9.79. The van der Waals surface area contributed by atoms with Crippen LogP contribution in [0.1, 0.15) is 5.69 Å². The van der Waals surface area contributed by atoms with Crippen LogP contribution in [-0.4, -0.2) is 11.3 Å². The van der Waals surface area contributed by atoms with E-state index in [1.807, 2.05) is 0 Å². The van der Waals surface area contributed by atoms with E-state index in [1.165, 1.54) is 18.2 Å². The van der Waals surface area contributed by atoms with Crippen LogP contribution in [0.25, 0.3) is 11.1 Å². The highest BCUT2D eigenvalue weighted by molar-refractivity contribution is 6.38. The third-order valence-electron chi connectivity index (χ3n) is 2.60. The predicted octanol–water partition coefficient (Wildman–Crippen LogP) is 5.97. The highest BCUT2D eigenvalue weighted by Crippen LogP contribution is 2.42. The molecule has 0 aliphatic heterocycles. The minimum atomic E-state index is -4.99. The second kappa shape index (κ2) is 6.09. The number of hydrogen-bond donors (Lipinski definition) is 0. The van der Waals surface area contributed by atoms with E-state index in [2.05, 4.69) is 9.72 Å². The summed E-state index contributed by atoms with van der Waals surface area (Å²) < 4.78 is 78.9. The summed E-state index contributed by atoms with van der Waals surface area (Å²) in [5.74, 6) is -0.662. The summed E-state index contributed by atoms with van der Waals surface area (Å²) in [5, 5.41) is -1.20. The lowest BCUT2D eigenvalue weighted by atomic mass is 10.1. The van der Waals surface area contributed by atoms with E-state index >= 15 is 0 Å².